The van der Waals surface area contributed by atoms with Gasteiger partial charge >= 0.3 is 0 Å². The van der Waals surface area contributed by atoms with Crippen molar-refractivity contribution in [2.75, 3.05) is 32.1 Å². The lowest BCUT2D eigenvalue weighted by molar-refractivity contribution is -0.124. The van der Waals surface area contributed by atoms with E-state index in [0.717, 1.165) is 42.1 Å². The number of fused-ring (bicyclic) bond motifs is 1. The number of anilines is 1. The molecule has 2 N–H and O–H groups in total. The number of likely N-dealkylation sites (tertiary alicyclic amines) is 1. The number of amides is 2. The molecule has 1 saturated heterocycles. The average Bonchev–Trinajstić information content (AvgIpc) is 2.81. The predicted octanol–water partition coefficient (Wildman–Crippen LogP) is 4.49. The highest BCUT2D eigenvalue weighted by molar-refractivity contribution is 8.01. The van der Waals surface area contributed by atoms with E-state index in [1.165, 1.54) is 18.2 Å². The molecular formula is C24H28ClN3O3S. The lowest BCUT2D eigenvalue weighted by Crippen LogP contribution is -2.42. The number of carbonyl (C=O) groups excluding carboxylic acids is 2. The molecule has 2 atom stereocenters. The Morgan fingerprint density at radius 2 is 2.03 bits per heavy atom. The van der Waals surface area contributed by atoms with Crippen LogP contribution in [0.5, 0.6) is 5.75 Å². The van der Waals surface area contributed by atoms with Crippen molar-refractivity contribution in [2.45, 2.75) is 41.9 Å². The van der Waals surface area contributed by atoms with Crippen LogP contribution in [0.25, 0.3) is 0 Å². The monoisotopic (exact) mass is 473 g/mol. The van der Waals surface area contributed by atoms with E-state index in [9.17, 15) is 9.59 Å². The number of ether oxygens (including phenoxy) is 1. The molecule has 2 aliphatic heterocycles. The maximum Gasteiger partial charge on any atom is 0.238 e. The molecule has 8 heteroatoms. The molecule has 0 radical (unpaired) electrons. The van der Waals surface area contributed by atoms with Gasteiger partial charge in [-0.05, 0) is 50.2 Å². The van der Waals surface area contributed by atoms with Gasteiger partial charge in [0.25, 0.3) is 0 Å². The third kappa shape index (κ3) is 5.39. The van der Waals surface area contributed by atoms with Crippen molar-refractivity contribution in [2.24, 2.45) is 0 Å². The van der Waals surface area contributed by atoms with E-state index >= 15 is 0 Å². The van der Waals surface area contributed by atoms with E-state index in [4.69, 9.17) is 16.3 Å². The summed E-state index contributed by atoms with van der Waals surface area (Å²) in [6, 6.07) is 13.4. The highest BCUT2D eigenvalue weighted by Gasteiger charge is 2.30. The first-order chi connectivity index (χ1) is 15.5. The number of benzene rings is 2. The molecule has 170 valence electrons. The molecule has 2 heterocycles. The summed E-state index contributed by atoms with van der Waals surface area (Å²) in [7, 11) is 1.68. The Labute approximate surface area is 198 Å². The van der Waals surface area contributed by atoms with Crippen LogP contribution in [0.1, 0.15) is 37.3 Å². The summed E-state index contributed by atoms with van der Waals surface area (Å²) < 4.78 is 5.60. The molecule has 0 spiro atoms. The van der Waals surface area contributed by atoms with Crippen LogP contribution in [0.4, 0.5) is 5.69 Å². The second-order valence-corrected chi connectivity index (χ2v) is 9.78. The molecular weight excluding hydrogens is 446 g/mol. The van der Waals surface area contributed by atoms with Crippen LogP contribution in [0.2, 0.25) is 5.02 Å². The zero-order chi connectivity index (χ0) is 22.5. The number of piperidine rings is 1. The highest BCUT2D eigenvalue weighted by atomic mass is 35.5. The molecule has 0 aromatic heterocycles. The number of nitrogens with one attached hydrogen (secondary N) is 2. The number of carbonyl (C=O) groups is 2. The first kappa shape index (κ1) is 23.0. The maximum absolute atomic E-state index is 12.8. The maximum atomic E-state index is 12.8. The molecule has 2 aromatic carbocycles. The number of halogens is 1. The van der Waals surface area contributed by atoms with Crippen molar-refractivity contribution >= 4 is 40.9 Å². The molecule has 0 bridgehead atoms. The van der Waals surface area contributed by atoms with Gasteiger partial charge in [0.05, 0.1) is 24.1 Å². The normalized spacial score (nSPS) is 19.6. The minimum atomic E-state index is -0.469. The Bertz CT molecular complexity index is 981. The van der Waals surface area contributed by atoms with Crippen LogP contribution >= 0.6 is 23.4 Å². The van der Waals surface area contributed by atoms with Gasteiger partial charge in [-0.15, -0.1) is 11.8 Å². The largest absolute Gasteiger partial charge is 0.496 e. The molecule has 6 nitrogen and oxygen atoms in total. The van der Waals surface area contributed by atoms with Gasteiger partial charge in [0.2, 0.25) is 11.8 Å². The van der Waals surface area contributed by atoms with Gasteiger partial charge in [0.1, 0.15) is 5.75 Å². The number of thioether (sulfide) groups is 1. The van der Waals surface area contributed by atoms with Crippen LogP contribution in [0.15, 0.2) is 47.4 Å². The van der Waals surface area contributed by atoms with Crippen molar-refractivity contribution in [3.05, 3.63) is 53.1 Å². The van der Waals surface area contributed by atoms with Crippen molar-refractivity contribution < 1.29 is 14.3 Å². The number of rotatable bonds is 7. The Morgan fingerprint density at radius 3 is 2.81 bits per heavy atom. The summed E-state index contributed by atoms with van der Waals surface area (Å²) in [5.41, 5.74) is 1.78. The van der Waals surface area contributed by atoms with Gasteiger partial charge in [-0.25, -0.2) is 0 Å². The van der Waals surface area contributed by atoms with Gasteiger partial charge in [-0.2, -0.15) is 0 Å². The minimum Gasteiger partial charge on any atom is -0.496 e. The Balaban J connectivity index is 1.42. The molecule has 2 aliphatic rings. The average molecular weight is 474 g/mol. The predicted molar refractivity (Wildman–Crippen MR) is 129 cm³/mol. The highest BCUT2D eigenvalue weighted by Crippen LogP contribution is 2.38. The molecule has 2 aromatic rings. The SMILES string of the molecule is COc1ccccc1C(CNC(=O)CC1Sc2ccc(Cl)cc2NC1=O)N1CCCCC1. The number of hydrogen-bond acceptors (Lipinski definition) is 5. The lowest BCUT2D eigenvalue weighted by Gasteiger charge is -2.35. The molecule has 0 saturated carbocycles. The summed E-state index contributed by atoms with van der Waals surface area (Å²) in [4.78, 5) is 28.7. The third-order valence-electron chi connectivity index (χ3n) is 5.95. The quantitative estimate of drug-likeness (QED) is 0.619. The number of nitrogens with zero attached hydrogens (tertiary/aromatic N) is 1. The van der Waals surface area contributed by atoms with Crippen molar-refractivity contribution in [1.29, 1.82) is 0 Å². The molecule has 32 heavy (non-hydrogen) atoms. The summed E-state index contributed by atoms with van der Waals surface area (Å²) >= 11 is 7.42. The van der Waals surface area contributed by atoms with E-state index in [0.29, 0.717) is 17.3 Å². The van der Waals surface area contributed by atoms with Crippen LogP contribution in [0, 0.1) is 0 Å². The first-order valence-corrected chi connectivity index (χ1v) is 12.2. The van der Waals surface area contributed by atoms with E-state index in [1.54, 1.807) is 19.2 Å². The fraction of sp³-hybridized carbons (Fsp3) is 0.417. The standard InChI is InChI=1S/C24H28ClN3O3S/c1-31-20-8-4-3-7-17(20)19(28-11-5-2-6-12-28)15-26-23(29)14-22-24(30)27-18-13-16(25)9-10-21(18)32-22/h3-4,7-10,13,19,22H,2,5-6,11-12,14-15H2,1H3,(H,26,29)(H,27,30). The van der Waals surface area contributed by atoms with Crippen LogP contribution < -0.4 is 15.4 Å². The first-order valence-electron chi connectivity index (χ1n) is 11.0. The van der Waals surface area contributed by atoms with Crippen LogP contribution in [0.3, 0.4) is 0 Å². The molecule has 2 unspecified atom stereocenters. The summed E-state index contributed by atoms with van der Waals surface area (Å²) in [5, 5.41) is 6.05. The summed E-state index contributed by atoms with van der Waals surface area (Å²) in [6.07, 6.45) is 3.67. The van der Waals surface area contributed by atoms with Gasteiger partial charge < -0.3 is 15.4 Å². The van der Waals surface area contributed by atoms with Crippen molar-refractivity contribution in [1.82, 2.24) is 10.2 Å². The van der Waals surface area contributed by atoms with Gasteiger partial charge in [0, 0.05) is 28.4 Å². The van der Waals surface area contributed by atoms with Crippen LogP contribution in [-0.4, -0.2) is 48.7 Å². The molecule has 4 rings (SSSR count). The van der Waals surface area contributed by atoms with Crippen LogP contribution in [-0.2, 0) is 9.59 Å². The molecule has 1 fully saturated rings. The van der Waals surface area contributed by atoms with Crippen molar-refractivity contribution in [3.8, 4) is 5.75 Å². The van der Waals surface area contributed by atoms with E-state index in [2.05, 4.69) is 21.6 Å². The molecule has 2 amide bonds. The van der Waals surface area contributed by atoms with E-state index in [1.807, 2.05) is 24.3 Å². The fourth-order valence-electron chi connectivity index (χ4n) is 4.32. The zero-order valence-electron chi connectivity index (χ0n) is 18.1. The number of para-hydroxylation sites is 1. The summed E-state index contributed by atoms with van der Waals surface area (Å²) in [6.45, 7) is 2.47. The minimum absolute atomic E-state index is 0.0334. The Hall–Kier alpha value is -2.22. The van der Waals surface area contributed by atoms with Gasteiger partial charge in [0.15, 0.2) is 0 Å². The van der Waals surface area contributed by atoms with E-state index in [-0.39, 0.29) is 24.3 Å². The third-order valence-corrected chi connectivity index (χ3v) is 7.46. The second-order valence-electron chi connectivity index (χ2n) is 8.10. The lowest BCUT2D eigenvalue weighted by atomic mass is 10.0. The van der Waals surface area contributed by atoms with E-state index < -0.39 is 5.25 Å². The second kappa shape index (κ2) is 10.6. The number of hydrogen-bond donors (Lipinski definition) is 2. The Morgan fingerprint density at radius 1 is 1.25 bits per heavy atom. The summed E-state index contributed by atoms with van der Waals surface area (Å²) in [5.74, 6) is 0.527. The molecule has 0 aliphatic carbocycles. The fourth-order valence-corrected chi connectivity index (χ4v) is 5.58. The smallest absolute Gasteiger partial charge is 0.238 e. The Kier molecular flexibility index (Phi) is 7.60. The zero-order valence-corrected chi connectivity index (χ0v) is 19.7. The van der Waals surface area contributed by atoms with Gasteiger partial charge in [-0.1, -0.05) is 36.2 Å². The topological polar surface area (TPSA) is 70.7 Å². The van der Waals surface area contributed by atoms with Crippen molar-refractivity contribution in [3.63, 3.8) is 0 Å². The number of methoxy groups -OCH3 is 1. The van der Waals surface area contributed by atoms with Gasteiger partial charge in [-0.3, -0.25) is 14.5 Å².